The number of Topliss-reactive ketones (excluding diaryl/α,β-unsaturated/α-hetero) is 1. The molecule has 1 aromatic heterocycles. The summed E-state index contributed by atoms with van der Waals surface area (Å²) in [6.07, 6.45) is 1.01. The molecule has 0 spiro atoms. The van der Waals surface area contributed by atoms with Crippen LogP contribution in [0.2, 0.25) is 10.0 Å². The second-order valence-corrected chi connectivity index (χ2v) is 10.0. The van der Waals surface area contributed by atoms with E-state index in [1.54, 1.807) is 18.2 Å². The third-order valence-corrected chi connectivity index (χ3v) is 7.20. The number of carbonyl (C=O) groups is 2. The molecule has 1 unspecified atom stereocenters. The topological polar surface area (TPSA) is 108 Å². The number of para-hydroxylation sites is 1. The van der Waals surface area contributed by atoms with Crippen molar-refractivity contribution in [2.75, 3.05) is 17.1 Å². The highest BCUT2D eigenvalue weighted by Gasteiger charge is 2.28. The molecule has 0 aliphatic carbocycles. The minimum atomic E-state index is -0.862. The zero-order valence-corrected chi connectivity index (χ0v) is 22.7. The molecular formula is C24H22Cl3N5O4S. The van der Waals surface area contributed by atoms with E-state index >= 15 is 0 Å². The second kappa shape index (κ2) is 12.6. The number of halogens is 3. The molecule has 1 N–H and O–H groups in total. The van der Waals surface area contributed by atoms with Crippen molar-refractivity contribution < 1.29 is 19.2 Å². The first-order valence-electron chi connectivity index (χ1n) is 11.3. The molecule has 2 aromatic carbocycles. The van der Waals surface area contributed by atoms with Gasteiger partial charge in [-0.3, -0.25) is 15.0 Å². The normalized spacial score (nSPS) is 14.7. The van der Waals surface area contributed by atoms with Crippen molar-refractivity contribution in [3.63, 3.8) is 0 Å². The second-order valence-electron chi connectivity index (χ2n) is 7.87. The Hall–Kier alpha value is -2.79. The van der Waals surface area contributed by atoms with Crippen LogP contribution < -0.4 is 10.2 Å². The number of amides is 1. The lowest BCUT2D eigenvalue weighted by Crippen LogP contribution is -2.32. The number of rotatable bonds is 11. The average molecular weight is 583 g/mol. The fraction of sp³-hybridized carbons (Fsp3) is 0.292. The first kappa shape index (κ1) is 27.3. The molecule has 1 aliphatic rings. The van der Waals surface area contributed by atoms with E-state index in [4.69, 9.17) is 44.4 Å². The molecule has 0 bridgehead atoms. The molecule has 1 atom stereocenters. The van der Waals surface area contributed by atoms with Crippen LogP contribution in [0.4, 0.5) is 0 Å². The molecule has 2 heterocycles. The Kier molecular flexibility index (Phi) is 9.31. The summed E-state index contributed by atoms with van der Waals surface area (Å²) in [5, 5.41) is 14.0. The summed E-state index contributed by atoms with van der Waals surface area (Å²) >= 11 is 19.3. The maximum absolute atomic E-state index is 12.2. The molecular weight excluding hydrogens is 561 g/mol. The Morgan fingerprint density at radius 1 is 1.22 bits per heavy atom. The van der Waals surface area contributed by atoms with Crippen molar-refractivity contribution in [1.29, 1.82) is 0 Å². The summed E-state index contributed by atoms with van der Waals surface area (Å²) in [4.78, 5) is 29.6. The van der Waals surface area contributed by atoms with Crippen LogP contribution in [-0.4, -0.2) is 43.9 Å². The standard InChI is InChI=1S/C24H22Cl3N5O4S/c1-2-9-37-24-29-28-22(32(24)30-23(34)19(33)12-25)13-35-20-6-4-3-5-16(20)18-11-21(36-31-18)15-8-7-14(26)10-17(15)27/h3-8,10,21H,2,9,11-13H2,1H3,(H,30,34). The van der Waals surface area contributed by atoms with Gasteiger partial charge in [-0.05, 0) is 30.7 Å². The van der Waals surface area contributed by atoms with Gasteiger partial charge in [-0.15, -0.1) is 21.8 Å². The number of nitrogens with zero attached hydrogens (tertiary/aromatic N) is 4. The predicted octanol–water partition coefficient (Wildman–Crippen LogP) is 5.41. The highest BCUT2D eigenvalue weighted by Crippen LogP contribution is 2.36. The van der Waals surface area contributed by atoms with Gasteiger partial charge in [0.05, 0.1) is 11.6 Å². The van der Waals surface area contributed by atoms with Gasteiger partial charge in [-0.1, -0.05) is 65.2 Å². The molecule has 0 fully saturated rings. The average Bonchev–Trinajstić information content (AvgIpc) is 3.53. The van der Waals surface area contributed by atoms with Gasteiger partial charge in [0.1, 0.15) is 12.4 Å². The number of hydrogen-bond donors (Lipinski definition) is 1. The molecule has 4 rings (SSSR count). The molecule has 194 valence electrons. The van der Waals surface area contributed by atoms with Crippen molar-refractivity contribution in [2.45, 2.75) is 37.6 Å². The van der Waals surface area contributed by atoms with Gasteiger partial charge in [0.15, 0.2) is 11.9 Å². The quantitative estimate of drug-likeness (QED) is 0.183. The van der Waals surface area contributed by atoms with Crippen LogP contribution in [0.25, 0.3) is 0 Å². The summed E-state index contributed by atoms with van der Waals surface area (Å²) in [6.45, 7) is 1.98. The van der Waals surface area contributed by atoms with Crippen LogP contribution in [0, 0.1) is 0 Å². The lowest BCUT2D eigenvalue weighted by Gasteiger charge is -2.13. The van der Waals surface area contributed by atoms with Crippen LogP contribution in [0.3, 0.4) is 0 Å². The van der Waals surface area contributed by atoms with Gasteiger partial charge in [0, 0.05) is 33.3 Å². The number of benzene rings is 2. The number of carbonyl (C=O) groups excluding carboxylic acids is 2. The number of nitrogens with one attached hydrogen (secondary N) is 1. The Morgan fingerprint density at radius 3 is 2.78 bits per heavy atom. The van der Waals surface area contributed by atoms with Crippen molar-refractivity contribution in [3.05, 3.63) is 69.5 Å². The van der Waals surface area contributed by atoms with Crippen LogP contribution in [0.15, 0.2) is 52.8 Å². The van der Waals surface area contributed by atoms with E-state index < -0.39 is 17.6 Å². The van der Waals surface area contributed by atoms with Gasteiger partial charge in [0.2, 0.25) is 10.9 Å². The molecule has 0 saturated heterocycles. The van der Waals surface area contributed by atoms with E-state index in [0.717, 1.165) is 23.3 Å². The molecule has 3 aromatic rings. The highest BCUT2D eigenvalue weighted by atomic mass is 35.5. The number of hydrogen-bond acceptors (Lipinski definition) is 8. The summed E-state index contributed by atoms with van der Waals surface area (Å²) in [5.41, 5.74) is 4.73. The van der Waals surface area contributed by atoms with E-state index in [0.29, 0.717) is 38.9 Å². The smallest absolute Gasteiger partial charge is 0.307 e. The monoisotopic (exact) mass is 581 g/mol. The maximum atomic E-state index is 12.2. The Morgan fingerprint density at radius 2 is 2.03 bits per heavy atom. The molecule has 1 amide bonds. The van der Waals surface area contributed by atoms with Crippen molar-refractivity contribution in [1.82, 2.24) is 14.9 Å². The van der Waals surface area contributed by atoms with Gasteiger partial charge in [-0.25, -0.2) is 4.68 Å². The largest absolute Gasteiger partial charge is 0.485 e. The summed E-state index contributed by atoms with van der Waals surface area (Å²) < 4.78 is 7.42. The van der Waals surface area contributed by atoms with Gasteiger partial charge < -0.3 is 9.57 Å². The Bertz CT molecular complexity index is 1330. The van der Waals surface area contributed by atoms with Crippen molar-refractivity contribution in [2.24, 2.45) is 5.16 Å². The Labute approximate surface area is 232 Å². The van der Waals surface area contributed by atoms with E-state index in [1.807, 2.05) is 31.2 Å². The predicted molar refractivity (Wildman–Crippen MR) is 143 cm³/mol. The van der Waals surface area contributed by atoms with Gasteiger partial charge in [-0.2, -0.15) is 0 Å². The fourth-order valence-corrected chi connectivity index (χ4v) is 4.87. The number of oxime groups is 1. The van der Waals surface area contributed by atoms with E-state index in [-0.39, 0.29) is 12.7 Å². The number of thioether (sulfide) groups is 1. The molecule has 0 saturated carbocycles. The fourth-order valence-electron chi connectivity index (χ4n) is 3.46. The zero-order chi connectivity index (χ0) is 26.4. The minimum absolute atomic E-state index is 0.0351. The minimum Gasteiger partial charge on any atom is -0.485 e. The number of aromatic nitrogens is 3. The van der Waals surface area contributed by atoms with Crippen LogP contribution >= 0.6 is 46.6 Å². The highest BCUT2D eigenvalue weighted by molar-refractivity contribution is 7.99. The van der Waals surface area contributed by atoms with Crippen molar-refractivity contribution >= 4 is 64.0 Å². The number of alkyl halides is 1. The number of ether oxygens (including phenoxy) is 1. The molecule has 0 radical (unpaired) electrons. The number of ketones is 1. The first-order chi connectivity index (χ1) is 17.9. The van der Waals surface area contributed by atoms with Crippen LogP contribution in [0.5, 0.6) is 5.75 Å². The molecule has 37 heavy (non-hydrogen) atoms. The lowest BCUT2D eigenvalue weighted by molar-refractivity contribution is -0.133. The first-order valence-corrected chi connectivity index (χ1v) is 13.6. The zero-order valence-electron chi connectivity index (χ0n) is 19.6. The molecule has 9 nitrogen and oxygen atoms in total. The maximum Gasteiger partial charge on any atom is 0.307 e. The van der Waals surface area contributed by atoms with Crippen LogP contribution in [-0.2, 0) is 21.0 Å². The van der Waals surface area contributed by atoms with Crippen LogP contribution in [0.1, 0.15) is 42.8 Å². The third-order valence-electron chi connectivity index (χ3n) is 5.26. The summed E-state index contributed by atoms with van der Waals surface area (Å²) in [7, 11) is 0. The van der Waals surface area contributed by atoms with E-state index in [9.17, 15) is 9.59 Å². The van der Waals surface area contributed by atoms with Crippen molar-refractivity contribution in [3.8, 4) is 5.75 Å². The Balaban J connectivity index is 1.51. The van der Waals surface area contributed by atoms with E-state index in [1.165, 1.54) is 16.4 Å². The lowest BCUT2D eigenvalue weighted by atomic mass is 9.99. The van der Waals surface area contributed by atoms with Gasteiger partial charge in [0.25, 0.3) is 0 Å². The third kappa shape index (κ3) is 6.56. The molecule has 13 heteroatoms. The molecule has 1 aliphatic heterocycles. The summed E-state index contributed by atoms with van der Waals surface area (Å²) in [6, 6.07) is 12.6. The SMILES string of the molecule is CCCSc1nnc(COc2ccccc2C2=NOC(c3ccc(Cl)cc3Cl)C2)n1NC(=O)C(=O)CCl. The summed E-state index contributed by atoms with van der Waals surface area (Å²) in [5.74, 6) is -0.475. The van der Waals surface area contributed by atoms with Gasteiger partial charge >= 0.3 is 5.91 Å². The van der Waals surface area contributed by atoms with E-state index in [2.05, 4.69) is 20.8 Å².